The quantitative estimate of drug-likeness (QED) is 0.392. The van der Waals surface area contributed by atoms with Crippen LogP contribution in [0.25, 0.3) is 21.7 Å². The fourth-order valence-electron chi connectivity index (χ4n) is 3.44. The van der Waals surface area contributed by atoms with E-state index in [0.29, 0.717) is 39.8 Å². The number of phenols is 1. The molecule has 4 rings (SSSR count). The summed E-state index contributed by atoms with van der Waals surface area (Å²) in [4.78, 5) is 21.3. The molecular formula is C23H20N2O4. The van der Waals surface area contributed by atoms with Crippen LogP contribution in [-0.2, 0) is 11.3 Å². The van der Waals surface area contributed by atoms with E-state index in [1.807, 2.05) is 42.5 Å². The molecule has 0 bridgehead atoms. The highest BCUT2D eigenvalue weighted by Gasteiger charge is 2.25. The first kappa shape index (κ1) is 18.7. The molecule has 0 amide bonds. The SMILES string of the molecule is CCOC(=O)c1c(C)oc2c1c(C=NCc1ccccn1)c(O)c1ccccc12. The van der Waals surface area contributed by atoms with Crippen LogP contribution < -0.4 is 0 Å². The summed E-state index contributed by atoms with van der Waals surface area (Å²) in [6.45, 7) is 4.05. The smallest absolute Gasteiger partial charge is 0.342 e. The lowest BCUT2D eigenvalue weighted by Crippen LogP contribution is -2.06. The summed E-state index contributed by atoms with van der Waals surface area (Å²) in [5.74, 6) is -0.00407. The van der Waals surface area contributed by atoms with Gasteiger partial charge in [0.05, 0.1) is 18.8 Å². The van der Waals surface area contributed by atoms with Gasteiger partial charge in [0.25, 0.3) is 0 Å². The van der Waals surface area contributed by atoms with Gasteiger partial charge in [0.1, 0.15) is 22.7 Å². The molecule has 0 saturated carbocycles. The first-order chi connectivity index (χ1) is 14.1. The zero-order chi connectivity index (χ0) is 20.4. The van der Waals surface area contributed by atoms with Gasteiger partial charge in [0.2, 0.25) is 0 Å². The molecule has 2 heterocycles. The predicted octanol–water partition coefficient (Wildman–Crippen LogP) is 4.79. The van der Waals surface area contributed by atoms with Crippen LogP contribution in [0.5, 0.6) is 5.75 Å². The molecule has 0 spiro atoms. The highest BCUT2D eigenvalue weighted by molar-refractivity contribution is 6.21. The van der Waals surface area contributed by atoms with E-state index in [9.17, 15) is 9.90 Å². The van der Waals surface area contributed by atoms with Gasteiger partial charge in [-0.2, -0.15) is 0 Å². The topological polar surface area (TPSA) is 84.9 Å². The lowest BCUT2D eigenvalue weighted by Gasteiger charge is -2.08. The van der Waals surface area contributed by atoms with Gasteiger partial charge in [-0.15, -0.1) is 0 Å². The number of hydrogen-bond donors (Lipinski definition) is 1. The van der Waals surface area contributed by atoms with Crippen LogP contribution in [0.1, 0.15) is 34.3 Å². The van der Waals surface area contributed by atoms with Crippen LogP contribution in [0.3, 0.4) is 0 Å². The maximum Gasteiger partial charge on any atom is 0.342 e. The number of benzene rings is 2. The first-order valence-corrected chi connectivity index (χ1v) is 9.35. The van der Waals surface area contributed by atoms with Crippen molar-refractivity contribution in [3.8, 4) is 5.75 Å². The Morgan fingerprint density at radius 3 is 2.69 bits per heavy atom. The number of aryl methyl sites for hydroxylation is 1. The molecule has 1 N–H and O–H groups in total. The largest absolute Gasteiger partial charge is 0.507 e. The summed E-state index contributed by atoms with van der Waals surface area (Å²) in [7, 11) is 0. The number of furan rings is 1. The monoisotopic (exact) mass is 388 g/mol. The van der Waals surface area contributed by atoms with Gasteiger partial charge < -0.3 is 14.3 Å². The molecule has 2 aromatic carbocycles. The number of hydrogen-bond acceptors (Lipinski definition) is 6. The number of fused-ring (bicyclic) bond motifs is 3. The first-order valence-electron chi connectivity index (χ1n) is 9.35. The number of rotatable bonds is 5. The minimum Gasteiger partial charge on any atom is -0.507 e. The van der Waals surface area contributed by atoms with E-state index in [0.717, 1.165) is 11.1 Å². The highest BCUT2D eigenvalue weighted by atomic mass is 16.5. The number of pyridine rings is 1. The van der Waals surface area contributed by atoms with Gasteiger partial charge >= 0.3 is 5.97 Å². The molecule has 0 radical (unpaired) electrons. The second-order valence-electron chi connectivity index (χ2n) is 6.56. The molecule has 29 heavy (non-hydrogen) atoms. The Labute approximate surface area is 167 Å². The lowest BCUT2D eigenvalue weighted by molar-refractivity contribution is 0.0526. The summed E-state index contributed by atoms with van der Waals surface area (Å²) < 4.78 is 11.2. The standard InChI is InChI=1S/C23H20N2O4/c1-3-28-23(27)19-14(2)29-22-17-10-5-4-9-16(17)21(26)18(20(19)22)13-24-12-15-8-6-7-11-25-15/h4-11,13,26H,3,12H2,1-2H3. The third-order valence-electron chi connectivity index (χ3n) is 4.71. The van der Waals surface area contributed by atoms with Crippen molar-refractivity contribution < 1.29 is 19.1 Å². The zero-order valence-corrected chi connectivity index (χ0v) is 16.2. The van der Waals surface area contributed by atoms with E-state index < -0.39 is 5.97 Å². The number of aromatic hydroxyl groups is 1. The Hall–Kier alpha value is -3.67. The molecule has 0 aliphatic heterocycles. The van der Waals surface area contributed by atoms with Crippen LogP contribution in [0.4, 0.5) is 0 Å². The molecule has 2 aromatic heterocycles. The Morgan fingerprint density at radius 2 is 1.97 bits per heavy atom. The van der Waals surface area contributed by atoms with Crippen molar-refractivity contribution in [1.29, 1.82) is 0 Å². The number of carbonyl (C=O) groups excluding carboxylic acids is 1. The molecule has 0 fully saturated rings. The van der Waals surface area contributed by atoms with E-state index in [2.05, 4.69) is 9.98 Å². The summed E-state index contributed by atoms with van der Waals surface area (Å²) in [6, 6.07) is 13.0. The number of nitrogens with zero attached hydrogens (tertiary/aromatic N) is 2. The third kappa shape index (κ3) is 3.33. The van der Waals surface area contributed by atoms with Crippen molar-refractivity contribution in [3.63, 3.8) is 0 Å². The van der Waals surface area contributed by atoms with Crippen molar-refractivity contribution in [2.75, 3.05) is 6.61 Å². The van der Waals surface area contributed by atoms with Crippen LogP contribution >= 0.6 is 0 Å². The molecular weight excluding hydrogens is 368 g/mol. The van der Waals surface area contributed by atoms with Crippen LogP contribution in [-0.4, -0.2) is 28.9 Å². The minimum atomic E-state index is -0.488. The van der Waals surface area contributed by atoms with Crippen molar-refractivity contribution in [2.24, 2.45) is 4.99 Å². The van der Waals surface area contributed by atoms with E-state index in [1.54, 1.807) is 26.3 Å². The van der Waals surface area contributed by atoms with Crippen LogP contribution in [0.2, 0.25) is 0 Å². The average Bonchev–Trinajstić information content (AvgIpc) is 3.08. The van der Waals surface area contributed by atoms with Crippen molar-refractivity contribution in [1.82, 2.24) is 4.98 Å². The van der Waals surface area contributed by atoms with E-state index in [4.69, 9.17) is 9.15 Å². The summed E-state index contributed by atoms with van der Waals surface area (Å²) >= 11 is 0. The van der Waals surface area contributed by atoms with Gasteiger partial charge in [-0.05, 0) is 26.0 Å². The number of esters is 1. The second-order valence-corrected chi connectivity index (χ2v) is 6.56. The van der Waals surface area contributed by atoms with Crippen molar-refractivity contribution in [2.45, 2.75) is 20.4 Å². The Morgan fingerprint density at radius 1 is 1.21 bits per heavy atom. The van der Waals surface area contributed by atoms with Crippen molar-refractivity contribution in [3.05, 3.63) is 71.2 Å². The second kappa shape index (κ2) is 7.75. The fourth-order valence-corrected chi connectivity index (χ4v) is 3.44. The number of aliphatic imine (C=N–C) groups is 1. The summed E-state index contributed by atoms with van der Waals surface area (Å²) in [6.07, 6.45) is 3.27. The fraction of sp³-hybridized carbons (Fsp3) is 0.174. The van der Waals surface area contributed by atoms with Gasteiger partial charge in [-0.25, -0.2) is 4.79 Å². The molecule has 6 heteroatoms. The number of phenolic OH excluding ortho intramolecular Hbond substituents is 1. The Bertz CT molecular complexity index is 1230. The minimum absolute atomic E-state index is 0.0456. The number of aromatic nitrogens is 1. The van der Waals surface area contributed by atoms with E-state index >= 15 is 0 Å². The average molecular weight is 388 g/mol. The Kier molecular flexibility index (Phi) is 4.99. The molecule has 146 valence electrons. The molecule has 0 aliphatic rings. The van der Waals surface area contributed by atoms with Crippen molar-refractivity contribution >= 4 is 33.9 Å². The van der Waals surface area contributed by atoms with Gasteiger partial charge in [-0.1, -0.05) is 30.3 Å². The third-order valence-corrected chi connectivity index (χ3v) is 4.71. The maximum absolute atomic E-state index is 12.6. The number of ether oxygens (including phenoxy) is 1. The normalized spacial score (nSPS) is 11.5. The molecule has 0 aliphatic carbocycles. The zero-order valence-electron chi connectivity index (χ0n) is 16.2. The lowest BCUT2D eigenvalue weighted by atomic mass is 9.98. The molecule has 0 saturated heterocycles. The molecule has 0 atom stereocenters. The van der Waals surface area contributed by atoms with E-state index in [-0.39, 0.29) is 12.4 Å². The summed E-state index contributed by atoms with van der Waals surface area (Å²) in [5, 5.41) is 12.8. The predicted molar refractivity (Wildman–Crippen MR) is 112 cm³/mol. The molecule has 4 aromatic rings. The molecule has 6 nitrogen and oxygen atoms in total. The number of carbonyl (C=O) groups is 1. The van der Waals surface area contributed by atoms with Gasteiger partial charge in [0.15, 0.2) is 0 Å². The van der Waals surface area contributed by atoms with Crippen LogP contribution in [0.15, 0.2) is 58.1 Å². The summed E-state index contributed by atoms with van der Waals surface area (Å²) in [5.41, 5.74) is 2.06. The van der Waals surface area contributed by atoms with Gasteiger partial charge in [0, 0.05) is 34.1 Å². The van der Waals surface area contributed by atoms with Gasteiger partial charge in [-0.3, -0.25) is 9.98 Å². The maximum atomic E-state index is 12.6. The Balaban J connectivity index is 1.94. The highest BCUT2D eigenvalue weighted by Crippen LogP contribution is 2.40. The van der Waals surface area contributed by atoms with E-state index in [1.165, 1.54) is 0 Å². The molecule has 0 unspecified atom stereocenters. The van der Waals surface area contributed by atoms with Crippen LogP contribution in [0, 0.1) is 6.92 Å².